The van der Waals surface area contributed by atoms with Gasteiger partial charge in [0.1, 0.15) is 10.7 Å². The van der Waals surface area contributed by atoms with Gasteiger partial charge >= 0.3 is 0 Å². The summed E-state index contributed by atoms with van der Waals surface area (Å²) in [5.41, 5.74) is 4.12. The zero-order chi connectivity index (χ0) is 19.1. The van der Waals surface area contributed by atoms with Crippen molar-refractivity contribution in [2.75, 3.05) is 5.32 Å². The van der Waals surface area contributed by atoms with E-state index in [9.17, 15) is 4.79 Å². The van der Waals surface area contributed by atoms with Crippen molar-refractivity contribution in [2.45, 2.75) is 0 Å². The number of carbonyl (C=O) groups excluding carboxylic acids is 1. The van der Waals surface area contributed by atoms with Gasteiger partial charge in [0.2, 0.25) is 0 Å². The normalized spacial score (nSPS) is 11.2. The Morgan fingerprint density at radius 1 is 1.07 bits per heavy atom. The number of rotatable bonds is 3. The molecule has 0 atom stereocenters. The van der Waals surface area contributed by atoms with Crippen molar-refractivity contribution in [3.05, 3.63) is 77.9 Å². The van der Waals surface area contributed by atoms with E-state index in [1.165, 1.54) is 11.3 Å². The quantitative estimate of drug-likeness (QED) is 0.471. The summed E-state index contributed by atoms with van der Waals surface area (Å²) >= 11 is 1.47. The largest absolute Gasteiger partial charge is 0.342 e. The van der Waals surface area contributed by atoms with Gasteiger partial charge in [0.05, 0.1) is 16.9 Å². The predicted octanol–water partition coefficient (Wildman–Crippen LogP) is 5.10. The number of hydrogen-bond acceptors (Lipinski definition) is 4. The van der Waals surface area contributed by atoms with Gasteiger partial charge in [-0.1, -0.05) is 24.3 Å². The molecule has 5 rings (SSSR count). The molecule has 0 aliphatic rings. The second-order valence-corrected chi connectivity index (χ2v) is 7.37. The molecule has 0 bridgehead atoms. The van der Waals surface area contributed by atoms with Crippen LogP contribution in [0.15, 0.2) is 72.2 Å². The highest BCUT2D eigenvalue weighted by atomic mass is 32.1. The summed E-state index contributed by atoms with van der Waals surface area (Å²) in [5, 5.41) is 7.65. The molecule has 1 amide bonds. The number of carbonyl (C=O) groups is 1. The van der Waals surface area contributed by atoms with Crippen molar-refractivity contribution >= 4 is 44.7 Å². The molecule has 0 aliphatic carbocycles. The van der Waals surface area contributed by atoms with Gasteiger partial charge in [-0.2, -0.15) is 0 Å². The number of pyridine rings is 1. The van der Waals surface area contributed by atoms with E-state index in [0.717, 1.165) is 38.2 Å². The highest BCUT2D eigenvalue weighted by molar-refractivity contribution is 7.13. The first-order valence-electron chi connectivity index (χ1n) is 8.86. The van der Waals surface area contributed by atoms with E-state index in [1.807, 2.05) is 49.5 Å². The summed E-state index contributed by atoms with van der Waals surface area (Å²) in [4.78, 5) is 21.7. The molecule has 0 aliphatic heterocycles. The van der Waals surface area contributed by atoms with Gasteiger partial charge in [-0.15, -0.1) is 11.3 Å². The molecule has 2 aromatic carbocycles. The number of amides is 1. The molecule has 3 heterocycles. The fourth-order valence-electron chi connectivity index (χ4n) is 3.39. The van der Waals surface area contributed by atoms with E-state index < -0.39 is 0 Å². The van der Waals surface area contributed by atoms with Crippen LogP contribution in [0.5, 0.6) is 0 Å². The van der Waals surface area contributed by atoms with Crippen LogP contribution in [0.3, 0.4) is 0 Å². The van der Waals surface area contributed by atoms with Crippen LogP contribution in [0.4, 0.5) is 5.69 Å². The average molecular weight is 384 g/mol. The van der Waals surface area contributed by atoms with Crippen LogP contribution in [0.2, 0.25) is 0 Å². The summed E-state index contributed by atoms with van der Waals surface area (Å²) in [5.74, 6) is -0.224. The number of aryl methyl sites for hydroxylation is 1. The lowest BCUT2D eigenvalue weighted by molar-refractivity contribution is 0.102. The molecule has 5 aromatic rings. The fraction of sp³-hybridized carbons (Fsp3) is 0.0455. The van der Waals surface area contributed by atoms with E-state index in [4.69, 9.17) is 0 Å². The van der Waals surface area contributed by atoms with Crippen LogP contribution in [0, 0.1) is 0 Å². The number of hydrogen-bond donors (Lipinski definition) is 1. The first-order chi connectivity index (χ1) is 13.7. The van der Waals surface area contributed by atoms with Gasteiger partial charge in [0.25, 0.3) is 5.91 Å². The van der Waals surface area contributed by atoms with E-state index in [0.29, 0.717) is 5.69 Å². The Balaban J connectivity index is 1.47. The summed E-state index contributed by atoms with van der Waals surface area (Å²) < 4.78 is 2.10. The van der Waals surface area contributed by atoms with Crippen LogP contribution >= 0.6 is 11.3 Å². The van der Waals surface area contributed by atoms with Gasteiger partial charge in [-0.25, -0.2) is 4.98 Å². The van der Waals surface area contributed by atoms with Crippen molar-refractivity contribution in [1.82, 2.24) is 14.5 Å². The zero-order valence-corrected chi connectivity index (χ0v) is 15.9. The maximum atomic E-state index is 12.8. The number of anilines is 1. The third-order valence-corrected chi connectivity index (χ3v) is 5.67. The average Bonchev–Trinajstić information content (AvgIpc) is 3.34. The Labute approximate surface area is 165 Å². The molecule has 6 heteroatoms. The van der Waals surface area contributed by atoms with Crippen molar-refractivity contribution in [2.24, 2.45) is 7.05 Å². The smallest absolute Gasteiger partial charge is 0.275 e. The second-order valence-electron chi connectivity index (χ2n) is 6.52. The van der Waals surface area contributed by atoms with E-state index in [1.54, 1.807) is 11.6 Å². The number of benzene rings is 2. The standard InChI is InChI=1S/C22H16N4OS/c1-26-19-10-3-2-6-14(19)12-20(26)22-25-18(13-28-22)21(27)24-17-9-4-8-16-15(17)7-5-11-23-16/h2-13H,1H3,(H,24,27). The molecule has 5 nitrogen and oxygen atoms in total. The molecule has 0 saturated heterocycles. The molecule has 0 saturated carbocycles. The lowest BCUT2D eigenvalue weighted by Crippen LogP contribution is -2.12. The Hall–Kier alpha value is -3.51. The fourth-order valence-corrected chi connectivity index (χ4v) is 4.24. The molecular weight excluding hydrogens is 368 g/mol. The van der Waals surface area contributed by atoms with Crippen molar-refractivity contribution in [3.8, 4) is 10.7 Å². The van der Waals surface area contributed by atoms with Crippen molar-refractivity contribution < 1.29 is 4.79 Å². The summed E-state index contributed by atoms with van der Waals surface area (Å²) in [6, 6.07) is 19.8. The maximum Gasteiger partial charge on any atom is 0.275 e. The number of thiazole rings is 1. The third-order valence-electron chi connectivity index (χ3n) is 4.80. The van der Waals surface area contributed by atoms with Gasteiger partial charge in [-0.05, 0) is 36.4 Å². The number of para-hydroxylation sites is 1. The number of nitrogens with one attached hydrogen (secondary N) is 1. The van der Waals surface area contributed by atoms with Gasteiger partial charge < -0.3 is 9.88 Å². The lowest BCUT2D eigenvalue weighted by atomic mass is 10.2. The minimum atomic E-state index is -0.224. The van der Waals surface area contributed by atoms with E-state index in [2.05, 4.69) is 38.1 Å². The molecule has 28 heavy (non-hydrogen) atoms. The predicted molar refractivity (Wildman–Crippen MR) is 114 cm³/mol. The monoisotopic (exact) mass is 384 g/mol. The second kappa shape index (κ2) is 6.58. The molecular formula is C22H16N4OS. The molecule has 3 aromatic heterocycles. The Bertz CT molecular complexity index is 1330. The SMILES string of the molecule is Cn1c(-c2nc(C(=O)Nc3cccc4ncccc34)cs2)cc2ccccc21. The Kier molecular flexibility index (Phi) is 3.91. The summed E-state index contributed by atoms with van der Waals surface area (Å²) in [6.45, 7) is 0. The van der Waals surface area contributed by atoms with Crippen molar-refractivity contribution in [1.29, 1.82) is 0 Å². The highest BCUT2D eigenvalue weighted by Gasteiger charge is 2.16. The van der Waals surface area contributed by atoms with Gasteiger partial charge in [-0.3, -0.25) is 9.78 Å². The van der Waals surface area contributed by atoms with Crippen molar-refractivity contribution in [3.63, 3.8) is 0 Å². The number of aromatic nitrogens is 3. The topological polar surface area (TPSA) is 59.8 Å². The molecule has 0 unspecified atom stereocenters. The van der Waals surface area contributed by atoms with E-state index >= 15 is 0 Å². The van der Waals surface area contributed by atoms with Crippen LogP contribution in [0.1, 0.15) is 10.5 Å². The molecule has 0 radical (unpaired) electrons. The van der Waals surface area contributed by atoms with Gasteiger partial charge in [0.15, 0.2) is 0 Å². The van der Waals surface area contributed by atoms with Crippen LogP contribution in [-0.4, -0.2) is 20.4 Å². The number of fused-ring (bicyclic) bond motifs is 2. The zero-order valence-electron chi connectivity index (χ0n) is 15.1. The van der Waals surface area contributed by atoms with Crippen LogP contribution in [0.25, 0.3) is 32.5 Å². The maximum absolute atomic E-state index is 12.8. The third kappa shape index (κ3) is 2.75. The lowest BCUT2D eigenvalue weighted by Gasteiger charge is -2.06. The first-order valence-corrected chi connectivity index (χ1v) is 9.74. The first kappa shape index (κ1) is 16.6. The Morgan fingerprint density at radius 3 is 2.86 bits per heavy atom. The van der Waals surface area contributed by atoms with E-state index in [-0.39, 0.29) is 5.91 Å². The van der Waals surface area contributed by atoms with Crippen LogP contribution in [-0.2, 0) is 7.05 Å². The Morgan fingerprint density at radius 2 is 1.96 bits per heavy atom. The van der Waals surface area contributed by atoms with Gasteiger partial charge in [0, 0.05) is 34.9 Å². The molecule has 1 N–H and O–H groups in total. The van der Waals surface area contributed by atoms with Crippen LogP contribution < -0.4 is 5.32 Å². The highest BCUT2D eigenvalue weighted by Crippen LogP contribution is 2.30. The minimum absolute atomic E-state index is 0.224. The summed E-state index contributed by atoms with van der Waals surface area (Å²) in [7, 11) is 2.02. The number of nitrogens with zero attached hydrogens (tertiary/aromatic N) is 3. The summed E-state index contributed by atoms with van der Waals surface area (Å²) in [6.07, 6.45) is 1.74. The molecule has 0 spiro atoms. The minimum Gasteiger partial charge on any atom is -0.342 e. The molecule has 0 fully saturated rings. The molecule has 136 valence electrons.